The maximum Gasteiger partial charge on any atom is 0.333 e. The molecule has 2 saturated heterocycles. The van der Waals surface area contributed by atoms with Crippen LogP contribution in [0, 0.1) is 6.92 Å². The van der Waals surface area contributed by atoms with Crippen molar-refractivity contribution in [3.63, 3.8) is 0 Å². The van der Waals surface area contributed by atoms with Gasteiger partial charge in [-0.05, 0) is 19.1 Å². The van der Waals surface area contributed by atoms with Crippen LogP contribution in [0.3, 0.4) is 0 Å². The van der Waals surface area contributed by atoms with Crippen molar-refractivity contribution in [2.24, 2.45) is 0 Å². The first-order valence-electron chi connectivity index (χ1n) is 10.1. The number of imide groups is 2. The molecule has 2 aromatic rings. The largest absolute Gasteiger partial charge is 0.420 e. The van der Waals surface area contributed by atoms with E-state index in [9.17, 15) is 22.8 Å². The second kappa shape index (κ2) is 8.45. The Morgan fingerprint density at radius 2 is 1.55 bits per heavy atom. The summed E-state index contributed by atoms with van der Waals surface area (Å²) < 4.78 is 37.9. The van der Waals surface area contributed by atoms with Crippen molar-refractivity contribution in [1.29, 1.82) is 0 Å². The zero-order valence-electron chi connectivity index (χ0n) is 18.3. The topological polar surface area (TPSA) is 130 Å². The van der Waals surface area contributed by atoms with E-state index in [1.165, 1.54) is 26.2 Å². The number of rotatable bonds is 4. The lowest BCUT2D eigenvalue weighted by Crippen LogP contribution is -2.52. The molecule has 174 valence electrons. The fourth-order valence-corrected chi connectivity index (χ4v) is 4.77. The van der Waals surface area contributed by atoms with E-state index in [-0.39, 0.29) is 27.3 Å². The van der Waals surface area contributed by atoms with Gasteiger partial charge in [-0.3, -0.25) is 19.4 Å². The van der Waals surface area contributed by atoms with E-state index in [0.29, 0.717) is 26.3 Å². The van der Waals surface area contributed by atoms with Gasteiger partial charge < -0.3 is 14.1 Å². The standard InChI is InChI=1S/C21H22N4O7S/c1-13-4-6-14(7-5-13)33(29,30)17-20(25-8-10-31-11-9-25)32-16(22-17)12-15-18(26)23(2)21(28)24(3)19(15)27/h4-7,12H,8-11H2,1-3H3. The van der Waals surface area contributed by atoms with Crippen LogP contribution in [-0.4, -0.2) is 81.4 Å². The van der Waals surface area contributed by atoms with Crippen LogP contribution in [0.2, 0.25) is 0 Å². The Morgan fingerprint density at radius 1 is 0.970 bits per heavy atom. The Bertz CT molecular complexity index is 1230. The number of aromatic nitrogens is 1. The number of ether oxygens (including phenoxy) is 1. The van der Waals surface area contributed by atoms with Crippen LogP contribution in [0.15, 0.2) is 44.2 Å². The molecule has 0 N–H and O–H groups in total. The van der Waals surface area contributed by atoms with Crippen LogP contribution in [0.1, 0.15) is 11.5 Å². The van der Waals surface area contributed by atoms with E-state index in [1.807, 2.05) is 6.92 Å². The number of amides is 4. The minimum absolute atomic E-state index is 0.000724. The lowest BCUT2D eigenvalue weighted by Gasteiger charge is -2.28. The molecule has 2 aliphatic heterocycles. The molecular formula is C21H22N4O7S. The summed E-state index contributed by atoms with van der Waals surface area (Å²) in [6.45, 7) is 3.33. The number of anilines is 1. The van der Waals surface area contributed by atoms with Gasteiger partial charge in [0.15, 0.2) is 0 Å². The molecule has 4 amide bonds. The van der Waals surface area contributed by atoms with E-state index in [2.05, 4.69) is 4.98 Å². The minimum atomic E-state index is -4.07. The molecule has 0 bridgehead atoms. The number of oxazole rings is 1. The summed E-state index contributed by atoms with van der Waals surface area (Å²) in [7, 11) is -1.60. The number of hydrogen-bond donors (Lipinski definition) is 0. The van der Waals surface area contributed by atoms with E-state index in [0.717, 1.165) is 21.4 Å². The van der Waals surface area contributed by atoms with Crippen LogP contribution < -0.4 is 4.90 Å². The van der Waals surface area contributed by atoms with Gasteiger partial charge >= 0.3 is 6.03 Å². The lowest BCUT2D eigenvalue weighted by molar-refractivity contribution is -0.134. The van der Waals surface area contributed by atoms with Gasteiger partial charge in [0.25, 0.3) is 11.8 Å². The number of likely N-dealkylation sites (N-methyl/N-ethyl adjacent to an activating group) is 2. The predicted molar refractivity (Wildman–Crippen MR) is 115 cm³/mol. The third-order valence-electron chi connectivity index (χ3n) is 5.39. The Balaban J connectivity index is 1.83. The van der Waals surface area contributed by atoms with Gasteiger partial charge in [-0.15, -0.1) is 0 Å². The molecule has 1 aromatic carbocycles. The predicted octanol–water partition coefficient (Wildman–Crippen LogP) is 1.09. The molecule has 11 nitrogen and oxygen atoms in total. The Kier molecular flexibility index (Phi) is 5.80. The Hall–Kier alpha value is -3.51. The molecular weight excluding hydrogens is 452 g/mol. The fourth-order valence-electron chi connectivity index (χ4n) is 3.44. The first kappa shape index (κ1) is 22.7. The maximum atomic E-state index is 13.4. The average Bonchev–Trinajstić information content (AvgIpc) is 3.25. The molecule has 0 atom stereocenters. The molecule has 0 aliphatic carbocycles. The van der Waals surface area contributed by atoms with Crippen molar-refractivity contribution in [2.75, 3.05) is 45.3 Å². The Labute approximate surface area is 190 Å². The van der Waals surface area contributed by atoms with Crippen molar-refractivity contribution in [3.8, 4) is 0 Å². The number of urea groups is 1. The van der Waals surface area contributed by atoms with Crippen molar-refractivity contribution in [1.82, 2.24) is 14.8 Å². The number of aryl methyl sites for hydroxylation is 1. The Morgan fingerprint density at radius 3 is 2.12 bits per heavy atom. The van der Waals surface area contributed by atoms with Crippen LogP contribution in [-0.2, 0) is 24.2 Å². The van der Waals surface area contributed by atoms with Crippen LogP contribution in [0.5, 0.6) is 0 Å². The summed E-state index contributed by atoms with van der Waals surface area (Å²) in [5.41, 5.74) is 0.527. The highest BCUT2D eigenvalue weighted by molar-refractivity contribution is 7.91. The maximum absolute atomic E-state index is 13.4. The normalized spacial score (nSPS) is 17.7. The zero-order chi connectivity index (χ0) is 23.9. The number of barbiturate groups is 1. The van der Waals surface area contributed by atoms with Gasteiger partial charge in [0.05, 0.1) is 18.1 Å². The van der Waals surface area contributed by atoms with Gasteiger partial charge in [-0.25, -0.2) is 13.2 Å². The summed E-state index contributed by atoms with van der Waals surface area (Å²) in [6.07, 6.45) is 1.06. The van der Waals surface area contributed by atoms with Crippen molar-refractivity contribution in [2.45, 2.75) is 16.8 Å². The van der Waals surface area contributed by atoms with Crippen LogP contribution in [0.25, 0.3) is 6.08 Å². The van der Waals surface area contributed by atoms with E-state index in [1.54, 1.807) is 17.0 Å². The molecule has 2 fully saturated rings. The van der Waals surface area contributed by atoms with Gasteiger partial charge in [-0.1, -0.05) is 17.7 Å². The highest BCUT2D eigenvalue weighted by atomic mass is 32.2. The monoisotopic (exact) mass is 474 g/mol. The van der Waals surface area contributed by atoms with Crippen molar-refractivity contribution in [3.05, 3.63) is 41.3 Å². The molecule has 33 heavy (non-hydrogen) atoms. The van der Waals surface area contributed by atoms with E-state index in [4.69, 9.17) is 9.15 Å². The van der Waals surface area contributed by atoms with E-state index >= 15 is 0 Å². The third-order valence-corrected chi connectivity index (χ3v) is 7.06. The molecule has 4 rings (SSSR count). The molecule has 1 aromatic heterocycles. The quantitative estimate of drug-likeness (QED) is 0.472. The molecule has 2 aliphatic rings. The lowest BCUT2D eigenvalue weighted by atomic mass is 10.1. The minimum Gasteiger partial charge on any atom is -0.420 e. The van der Waals surface area contributed by atoms with Crippen molar-refractivity contribution >= 4 is 39.6 Å². The summed E-state index contributed by atoms with van der Waals surface area (Å²) in [5, 5.41) is -0.325. The molecule has 0 spiro atoms. The second-order valence-corrected chi connectivity index (χ2v) is 9.51. The summed E-state index contributed by atoms with van der Waals surface area (Å²) in [5.74, 6) is -1.91. The van der Waals surface area contributed by atoms with Crippen molar-refractivity contribution < 1.29 is 32.0 Å². The number of hydrogen-bond acceptors (Lipinski definition) is 9. The molecule has 12 heteroatoms. The molecule has 0 saturated carbocycles. The highest BCUT2D eigenvalue weighted by Gasteiger charge is 2.39. The second-order valence-electron chi connectivity index (χ2n) is 7.65. The van der Waals surface area contributed by atoms with Crippen LogP contribution >= 0.6 is 0 Å². The number of morpholine rings is 1. The zero-order valence-corrected chi connectivity index (χ0v) is 19.1. The van der Waals surface area contributed by atoms with Crippen LogP contribution in [0.4, 0.5) is 10.7 Å². The molecule has 0 radical (unpaired) electrons. The molecule has 0 unspecified atom stereocenters. The smallest absolute Gasteiger partial charge is 0.333 e. The van der Waals surface area contributed by atoms with Gasteiger partial charge in [0.1, 0.15) is 5.57 Å². The van der Waals surface area contributed by atoms with Gasteiger partial charge in [0.2, 0.25) is 26.6 Å². The fraction of sp³-hybridized carbons (Fsp3) is 0.333. The average molecular weight is 474 g/mol. The number of benzene rings is 1. The first-order valence-corrected chi connectivity index (χ1v) is 11.6. The number of carbonyl (C=O) groups excluding carboxylic acids is 3. The van der Waals surface area contributed by atoms with Gasteiger partial charge in [-0.2, -0.15) is 4.98 Å². The number of sulfone groups is 1. The summed E-state index contributed by atoms with van der Waals surface area (Å²) in [6, 6.07) is 5.53. The number of carbonyl (C=O) groups is 3. The van der Waals surface area contributed by atoms with E-state index < -0.39 is 27.7 Å². The highest BCUT2D eigenvalue weighted by Crippen LogP contribution is 2.33. The first-order chi connectivity index (χ1) is 15.6. The van der Waals surface area contributed by atoms with Gasteiger partial charge in [0, 0.05) is 33.3 Å². The SMILES string of the molecule is Cc1ccc(S(=O)(=O)c2nc(C=C3C(=O)N(C)C(=O)N(C)C3=O)oc2N2CCOCC2)cc1. The number of nitrogens with zero attached hydrogens (tertiary/aromatic N) is 4. The summed E-state index contributed by atoms with van der Waals surface area (Å²) >= 11 is 0. The molecule has 3 heterocycles. The third kappa shape index (κ3) is 4.02. The summed E-state index contributed by atoms with van der Waals surface area (Å²) in [4.78, 5) is 44.4.